The number of rotatable bonds is 4. The fraction of sp³-hybridized carbons (Fsp3) is 0.143. The largest absolute Gasteiger partial charge is 0.377 e. The van der Waals surface area contributed by atoms with Crippen molar-refractivity contribution in [2.24, 2.45) is 0 Å². The average molecular weight is 313 g/mol. The lowest BCUT2D eigenvalue weighted by Crippen LogP contribution is -2.09. The van der Waals surface area contributed by atoms with Gasteiger partial charge in [0.2, 0.25) is 0 Å². The zero-order valence-electron chi connectivity index (χ0n) is 10.9. The molecule has 2 aromatic carbocycles. The van der Waals surface area contributed by atoms with Gasteiger partial charge in [0.05, 0.1) is 21.7 Å². The third-order valence-electron chi connectivity index (χ3n) is 2.96. The molecule has 0 aliphatic carbocycles. The lowest BCUT2D eigenvalue weighted by molar-refractivity contribution is -0.384. The smallest absolute Gasteiger partial charge is 0.271 e. The van der Waals surface area contributed by atoms with Gasteiger partial charge in [-0.15, -0.1) is 0 Å². The highest BCUT2D eigenvalue weighted by Crippen LogP contribution is 2.30. The van der Waals surface area contributed by atoms with Crippen molar-refractivity contribution in [3.8, 4) is 0 Å². The van der Waals surface area contributed by atoms with Crippen LogP contribution in [-0.4, -0.2) is 4.92 Å². The van der Waals surface area contributed by atoms with E-state index in [4.69, 9.17) is 11.6 Å². The van der Waals surface area contributed by atoms with E-state index in [1.54, 1.807) is 6.92 Å². The summed E-state index contributed by atoms with van der Waals surface area (Å²) in [5.74, 6) is -1.09. The molecule has 1 unspecified atom stereocenters. The van der Waals surface area contributed by atoms with Gasteiger partial charge in [-0.1, -0.05) is 11.6 Å². The third kappa shape index (κ3) is 3.46. The van der Waals surface area contributed by atoms with Crippen molar-refractivity contribution in [1.29, 1.82) is 0 Å². The van der Waals surface area contributed by atoms with Crippen molar-refractivity contribution >= 4 is 23.0 Å². The molecule has 0 fully saturated rings. The van der Waals surface area contributed by atoms with Gasteiger partial charge in [0.25, 0.3) is 5.69 Å². The maximum absolute atomic E-state index is 13.7. The molecule has 0 saturated heterocycles. The van der Waals surface area contributed by atoms with Gasteiger partial charge in [-0.2, -0.15) is 0 Å². The number of nitrogens with one attached hydrogen (secondary N) is 1. The molecule has 21 heavy (non-hydrogen) atoms. The van der Waals surface area contributed by atoms with E-state index in [1.165, 1.54) is 18.2 Å². The minimum atomic E-state index is -0.564. The Hall–Kier alpha value is -2.21. The second kappa shape index (κ2) is 6.05. The van der Waals surface area contributed by atoms with E-state index in [9.17, 15) is 18.9 Å². The van der Waals surface area contributed by atoms with Gasteiger partial charge in [0.15, 0.2) is 0 Å². The minimum Gasteiger partial charge on any atom is -0.377 e. The minimum absolute atomic E-state index is 0.132. The molecular weight excluding hydrogens is 302 g/mol. The Morgan fingerprint density at radius 3 is 2.57 bits per heavy atom. The van der Waals surface area contributed by atoms with Gasteiger partial charge in [0, 0.05) is 17.7 Å². The Morgan fingerprint density at radius 1 is 1.24 bits per heavy atom. The van der Waals surface area contributed by atoms with Gasteiger partial charge in [-0.3, -0.25) is 10.1 Å². The molecule has 7 heteroatoms. The Bertz CT molecular complexity index is 695. The van der Waals surface area contributed by atoms with Crippen LogP contribution >= 0.6 is 11.6 Å². The number of benzene rings is 2. The predicted molar refractivity (Wildman–Crippen MR) is 76.5 cm³/mol. The van der Waals surface area contributed by atoms with Crippen LogP contribution in [0.4, 0.5) is 20.2 Å². The maximum atomic E-state index is 13.7. The quantitative estimate of drug-likeness (QED) is 0.657. The number of nitrogens with zero attached hydrogens (tertiary/aromatic N) is 1. The number of anilines is 1. The normalized spacial score (nSPS) is 12.0. The molecule has 0 aliphatic rings. The molecule has 2 aromatic rings. The first-order valence-electron chi connectivity index (χ1n) is 6.04. The van der Waals surface area contributed by atoms with Crippen molar-refractivity contribution in [2.45, 2.75) is 13.0 Å². The molecule has 0 aliphatic heterocycles. The van der Waals surface area contributed by atoms with Crippen molar-refractivity contribution in [3.05, 3.63) is 68.7 Å². The second-order valence-electron chi connectivity index (χ2n) is 4.45. The summed E-state index contributed by atoms with van der Waals surface area (Å²) in [5.41, 5.74) is 0.401. The molecule has 0 amide bonds. The van der Waals surface area contributed by atoms with Crippen LogP contribution in [0.1, 0.15) is 18.5 Å². The molecule has 0 heterocycles. The van der Waals surface area contributed by atoms with Crippen molar-refractivity contribution in [2.75, 3.05) is 5.32 Å². The van der Waals surface area contributed by atoms with Crippen LogP contribution < -0.4 is 5.32 Å². The molecule has 0 spiro atoms. The average Bonchev–Trinajstić information content (AvgIpc) is 2.43. The number of nitro groups is 1. The molecule has 0 radical (unpaired) electrons. The van der Waals surface area contributed by atoms with E-state index in [1.807, 2.05) is 0 Å². The zero-order chi connectivity index (χ0) is 15.6. The first kappa shape index (κ1) is 15.2. The number of nitro benzene ring substituents is 1. The fourth-order valence-corrected chi connectivity index (χ4v) is 2.12. The van der Waals surface area contributed by atoms with Gasteiger partial charge in [-0.05, 0) is 31.2 Å². The van der Waals surface area contributed by atoms with Crippen LogP contribution in [0.3, 0.4) is 0 Å². The summed E-state index contributed by atoms with van der Waals surface area (Å²) in [7, 11) is 0. The van der Waals surface area contributed by atoms with E-state index in [0.29, 0.717) is 5.69 Å². The number of hydrogen-bond donors (Lipinski definition) is 1. The molecular formula is C14H11ClF2N2O2. The lowest BCUT2D eigenvalue weighted by atomic mass is 10.1. The summed E-state index contributed by atoms with van der Waals surface area (Å²) in [5, 5.41) is 13.7. The van der Waals surface area contributed by atoms with Gasteiger partial charge < -0.3 is 5.32 Å². The Morgan fingerprint density at radius 2 is 1.95 bits per heavy atom. The third-order valence-corrected chi connectivity index (χ3v) is 3.27. The molecule has 2 rings (SSSR count). The summed E-state index contributed by atoms with van der Waals surface area (Å²) >= 11 is 5.94. The van der Waals surface area contributed by atoms with E-state index in [-0.39, 0.29) is 16.3 Å². The van der Waals surface area contributed by atoms with Crippen LogP contribution in [0, 0.1) is 21.7 Å². The van der Waals surface area contributed by atoms with Crippen LogP contribution in [-0.2, 0) is 0 Å². The number of hydrogen-bond acceptors (Lipinski definition) is 3. The monoisotopic (exact) mass is 312 g/mol. The van der Waals surface area contributed by atoms with Crippen molar-refractivity contribution < 1.29 is 13.7 Å². The van der Waals surface area contributed by atoms with Gasteiger partial charge in [-0.25, -0.2) is 8.78 Å². The van der Waals surface area contributed by atoms with Crippen LogP contribution in [0.2, 0.25) is 5.02 Å². The number of non-ortho nitro benzene ring substituents is 1. The van der Waals surface area contributed by atoms with Crippen LogP contribution in [0.5, 0.6) is 0 Å². The highest BCUT2D eigenvalue weighted by Gasteiger charge is 2.15. The summed E-state index contributed by atoms with van der Waals surface area (Å²) in [4.78, 5) is 10.1. The fourth-order valence-electron chi connectivity index (χ4n) is 1.89. The maximum Gasteiger partial charge on any atom is 0.271 e. The standard InChI is InChI=1S/C14H11ClF2N2O2/c1-8(11-6-9(16)2-4-13(11)17)18-14-5-3-10(19(20)21)7-12(14)15/h2-8,18H,1H3. The molecule has 0 saturated carbocycles. The van der Waals surface area contributed by atoms with Crippen molar-refractivity contribution in [3.63, 3.8) is 0 Å². The molecule has 0 aromatic heterocycles. The lowest BCUT2D eigenvalue weighted by Gasteiger charge is -2.17. The summed E-state index contributed by atoms with van der Waals surface area (Å²) in [6.07, 6.45) is 0. The zero-order valence-corrected chi connectivity index (χ0v) is 11.7. The van der Waals surface area contributed by atoms with Crippen LogP contribution in [0.25, 0.3) is 0 Å². The molecule has 0 bridgehead atoms. The SMILES string of the molecule is CC(Nc1ccc([N+](=O)[O-])cc1Cl)c1cc(F)ccc1F. The highest BCUT2D eigenvalue weighted by molar-refractivity contribution is 6.33. The summed E-state index contributed by atoms with van der Waals surface area (Å²) in [6, 6.07) is 6.51. The van der Waals surface area contributed by atoms with Crippen LogP contribution in [0.15, 0.2) is 36.4 Å². The molecule has 1 N–H and O–H groups in total. The van der Waals surface area contributed by atoms with E-state index in [0.717, 1.165) is 18.2 Å². The topological polar surface area (TPSA) is 55.2 Å². The second-order valence-corrected chi connectivity index (χ2v) is 4.86. The Balaban J connectivity index is 2.25. The molecule has 1 atom stereocenters. The van der Waals surface area contributed by atoms with Gasteiger partial charge >= 0.3 is 0 Å². The highest BCUT2D eigenvalue weighted by atomic mass is 35.5. The summed E-state index contributed by atoms with van der Waals surface area (Å²) < 4.78 is 26.8. The molecule has 4 nitrogen and oxygen atoms in total. The number of halogens is 3. The van der Waals surface area contributed by atoms with Crippen molar-refractivity contribution in [1.82, 2.24) is 0 Å². The van der Waals surface area contributed by atoms with Gasteiger partial charge in [0.1, 0.15) is 11.6 Å². The predicted octanol–water partition coefficient (Wildman–Crippen LogP) is 4.70. The first-order chi connectivity index (χ1) is 9.88. The Kier molecular flexibility index (Phi) is 4.37. The van der Waals surface area contributed by atoms with E-state index >= 15 is 0 Å². The first-order valence-corrected chi connectivity index (χ1v) is 6.41. The Labute approximate surface area is 124 Å². The molecule has 110 valence electrons. The van der Waals surface area contributed by atoms with E-state index in [2.05, 4.69) is 5.32 Å². The van der Waals surface area contributed by atoms with E-state index < -0.39 is 22.6 Å². The summed E-state index contributed by atoms with van der Waals surface area (Å²) in [6.45, 7) is 1.63.